The molecule has 8 heteroatoms. The normalized spacial score (nSPS) is 21.5. The number of nitrogens with one attached hydrogen (secondary N) is 2. The van der Waals surface area contributed by atoms with Gasteiger partial charge in [-0.15, -0.1) is 0 Å². The fraction of sp³-hybridized carbons (Fsp3) is 0.412. The molecule has 0 saturated carbocycles. The van der Waals surface area contributed by atoms with Crippen molar-refractivity contribution in [3.05, 3.63) is 29.8 Å². The van der Waals surface area contributed by atoms with Crippen molar-refractivity contribution in [2.24, 2.45) is 11.8 Å². The minimum absolute atomic E-state index is 0.0837. The maximum Gasteiger partial charge on any atom is 0.360 e. The Labute approximate surface area is 144 Å². The van der Waals surface area contributed by atoms with Crippen molar-refractivity contribution in [3.63, 3.8) is 0 Å². The monoisotopic (exact) mass is 347 g/mol. The van der Waals surface area contributed by atoms with Gasteiger partial charge in [-0.1, -0.05) is 19.1 Å². The number of carbonyl (C=O) groups excluding carboxylic acids is 3. The van der Waals surface area contributed by atoms with Gasteiger partial charge in [0.2, 0.25) is 5.91 Å². The fourth-order valence-corrected chi connectivity index (χ4v) is 2.70. The average molecular weight is 347 g/mol. The molecule has 1 aromatic carbocycles. The van der Waals surface area contributed by atoms with Crippen molar-refractivity contribution in [2.45, 2.75) is 32.6 Å². The third kappa shape index (κ3) is 4.03. The number of aliphatic hydroxyl groups excluding tert-OH is 1. The number of hydrogen-bond donors (Lipinski definition) is 4. The van der Waals surface area contributed by atoms with Gasteiger partial charge in [-0.05, 0) is 24.6 Å². The SMILES string of the molecule is C[C@@H](O)[C@H]1C(=O)N[C@@H]1[C@@H](C)C(=O)C(=N)C(=O)OCc1ccc(N)cc1. The molecule has 0 aliphatic carbocycles. The summed E-state index contributed by atoms with van der Waals surface area (Å²) in [6.45, 7) is 2.88. The van der Waals surface area contributed by atoms with E-state index in [1.807, 2.05) is 0 Å². The summed E-state index contributed by atoms with van der Waals surface area (Å²) in [6, 6.07) is 6.04. The lowest BCUT2D eigenvalue weighted by molar-refractivity contribution is -0.144. The Kier molecular flexibility index (Phi) is 5.53. The van der Waals surface area contributed by atoms with Crippen molar-refractivity contribution in [2.75, 3.05) is 5.73 Å². The highest BCUT2D eigenvalue weighted by Crippen LogP contribution is 2.26. The second-order valence-electron chi connectivity index (χ2n) is 6.15. The lowest BCUT2D eigenvalue weighted by Gasteiger charge is -2.41. The van der Waals surface area contributed by atoms with E-state index in [1.54, 1.807) is 24.3 Å². The molecule has 1 aliphatic heterocycles. The van der Waals surface area contributed by atoms with Gasteiger partial charge in [0.15, 0.2) is 11.5 Å². The Bertz CT molecular complexity index is 699. The van der Waals surface area contributed by atoms with E-state index in [4.69, 9.17) is 15.9 Å². The largest absolute Gasteiger partial charge is 0.456 e. The van der Waals surface area contributed by atoms with Gasteiger partial charge in [0, 0.05) is 11.6 Å². The first-order chi connectivity index (χ1) is 11.7. The number of nitrogen functional groups attached to an aromatic ring is 1. The maximum absolute atomic E-state index is 12.3. The third-order valence-corrected chi connectivity index (χ3v) is 4.27. The Morgan fingerprint density at radius 3 is 2.44 bits per heavy atom. The molecule has 0 aromatic heterocycles. The van der Waals surface area contributed by atoms with Gasteiger partial charge in [-0.2, -0.15) is 0 Å². The summed E-state index contributed by atoms with van der Waals surface area (Å²) in [5.41, 5.74) is 6.02. The number of hydrogen-bond acceptors (Lipinski definition) is 7. The number of esters is 1. The number of ether oxygens (including phenoxy) is 1. The van der Waals surface area contributed by atoms with Gasteiger partial charge < -0.3 is 20.9 Å². The van der Waals surface area contributed by atoms with Crippen LogP contribution in [0.3, 0.4) is 0 Å². The maximum atomic E-state index is 12.3. The van der Waals surface area contributed by atoms with Crippen LogP contribution in [0, 0.1) is 17.2 Å². The second kappa shape index (κ2) is 7.43. The zero-order chi connectivity index (χ0) is 18.7. The fourth-order valence-electron chi connectivity index (χ4n) is 2.70. The zero-order valence-electron chi connectivity index (χ0n) is 14.0. The number of nitrogens with two attached hydrogens (primary N) is 1. The van der Waals surface area contributed by atoms with Gasteiger partial charge in [0.05, 0.1) is 18.1 Å². The van der Waals surface area contributed by atoms with Crippen molar-refractivity contribution < 1.29 is 24.2 Å². The zero-order valence-corrected chi connectivity index (χ0v) is 14.0. The molecular formula is C17H21N3O5. The van der Waals surface area contributed by atoms with E-state index in [9.17, 15) is 19.5 Å². The first-order valence-corrected chi connectivity index (χ1v) is 7.85. The summed E-state index contributed by atoms with van der Waals surface area (Å²) in [4.78, 5) is 35.6. The van der Waals surface area contributed by atoms with Crippen molar-refractivity contribution in [3.8, 4) is 0 Å². The molecule has 1 heterocycles. The average Bonchev–Trinajstić information content (AvgIpc) is 2.56. The molecule has 134 valence electrons. The number of aliphatic hydroxyl groups is 1. The van der Waals surface area contributed by atoms with Crippen LogP contribution in [-0.2, 0) is 25.7 Å². The summed E-state index contributed by atoms with van der Waals surface area (Å²) in [7, 11) is 0. The van der Waals surface area contributed by atoms with Gasteiger partial charge in [-0.3, -0.25) is 15.0 Å². The van der Waals surface area contributed by atoms with Gasteiger partial charge in [0.25, 0.3) is 0 Å². The van der Waals surface area contributed by atoms with Crippen LogP contribution >= 0.6 is 0 Å². The van der Waals surface area contributed by atoms with E-state index in [0.717, 1.165) is 0 Å². The van der Waals surface area contributed by atoms with Crippen molar-refractivity contribution in [1.29, 1.82) is 5.41 Å². The van der Waals surface area contributed by atoms with E-state index in [0.29, 0.717) is 11.3 Å². The van der Waals surface area contributed by atoms with E-state index < -0.39 is 41.4 Å². The first-order valence-electron chi connectivity index (χ1n) is 7.85. The molecule has 4 atom stereocenters. The van der Waals surface area contributed by atoms with E-state index in [1.165, 1.54) is 13.8 Å². The van der Waals surface area contributed by atoms with Crippen LogP contribution in [0.15, 0.2) is 24.3 Å². The van der Waals surface area contributed by atoms with Crippen molar-refractivity contribution >= 4 is 29.1 Å². The third-order valence-electron chi connectivity index (χ3n) is 4.27. The van der Waals surface area contributed by atoms with Crippen LogP contribution in [0.1, 0.15) is 19.4 Å². The number of ketones is 1. The van der Waals surface area contributed by atoms with Crippen LogP contribution in [0.25, 0.3) is 0 Å². The minimum Gasteiger partial charge on any atom is -0.456 e. The lowest BCUT2D eigenvalue weighted by atomic mass is 9.76. The van der Waals surface area contributed by atoms with Crippen molar-refractivity contribution in [1.82, 2.24) is 5.32 Å². The second-order valence-corrected chi connectivity index (χ2v) is 6.15. The lowest BCUT2D eigenvalue weighted by Crippen LogP contribution is -2.65. The number of anilines is 1. The Morgan fingerprint density at radius 1 is 1.32 bits per heavy atom. The molecule has 25 heavy (non-hydrogen) atoms. The number of β-lactam (4-membered cyclic amide) rings is 1. The molecule has 0 radical (unpaired) electrons. The molecule has 2 rings (SSSR count). The Hall–Kier alpha value is -2.74. The summed E-state index contributed by atoms with van der Waals surface area (Å²) in [5, 5.41) is 19.9. The number of carbonyl (C=O) groups is 3. The molecule has 1 aromatic rings. The summed E-state index contributed by atoms with van der Waals surface area (Å²) in [5.74, 6) is -3.66. The van der Waals surface area contributed by atoms with E-state index >= 15 is 0 Å². The molecule has 1 amide bonds. The minimum atomic E-state index is -1.03. The molecule has 1 saturated heterocycles. The standard InChI is InChI=1S/C17H21N3O5/c1-8(14-12(9(2)21)16(23)20-14)15(22)13(19)17(24)25-7-10-3-5-11(18)6-4-10/h3-6,8-9,12,14,19,21H,7,18H2,1-2H3,(H,20,23)/t8-,9-,12-,14-/m1/s1. The summed E-state index contributed by atoms with van der Waals surface area (Å²) >= 11 is 0. The predicted octanol–water partition coefficient (Wildman–Crippen LogP) is 0.0324. The number of Topliss-reactive ketones (excluding diaryl/α,β-unsaturated/α-hetero) is 1. The molecule has 0 unspecified atom stereocenters. The summed E-state index contributed by atoms with van der Waals surface area (Å²) < 4.78 is 4.97. The Balaban J connectivity index is 1.92. The van der Waals surface area contributed by atoms with Gasteiger partial charge in [0.1, 0.15) is 6.61 Å². The van der Waals surface area contributed by atoms with E-state index in [2.05, 4.69) is 5.32 Å². The quantitative estimate of drug-likeness (QED) is 0.180. The number of benzene rings is 1. The molecule has 5 N–H and O–H groups in total. The molecule has 8 nitrogen and oxygen atoms in total. The highest BCUT2D eigenvalue weighted by molar-refractivity contribution is 6.63. The van der Waals surface area contributed by atoms with Crippen LogP contribution < -0.4 is 11.1 Å². The summed E-state index contributed by atoms with van der Waals surface area (Å²) in [6.07, 6.45) is -0.916. The van der Waals surface area contributed by atoms with Crippen LogP contribution in [0.4, 0.5) is 5.69 Å². The first kappa shape index (κ1) is 18.6. The predicted molar refractivity (Wildman–Crippen MR) is 89.6 cm³/mol. The number of rotatable bonds is 7. The van der Waals surface area contributed by atoms with Gasteiger partial charge >= 0.3 is 5.97 Å². The molecule has 1 aliphatic rings. The molecule has 0 bridgehead atoms. The van der Waals surface area contributed by atoms with Crippen LogP contribution in [0.2, 0.25) is 0 Å². The van der Waals surface area contributed by atoms with Crippen LogP contribution in [0.5, 0.6) is 0 Å². The molecule has 1 fully saturated rings. The Morgan fingerprint density at radius 2 is 1.92 bits per heavy atom. The van der Waals surface area contributed by atoms with Gasteiger partial charge in [-0.25, -0.2) is 4.79 Å². The smallest absolute Gasteiger partial charge is 0.360 e. The van der Waals surface area contributed by atoms with Crippen LogP contribution in [-0.4, -0.2) is 40.6 Å². The number of amides is 1. The highest BCUT2D eigenvalue weighted by Gasteiger charge is 2.48. The molecule has 0 spiro atoms. The topological polar surface area (TPSA) is 143 Å². The molecular weight excluding hydrogens is 326 g/mol. The highest BCUT2D eigenvalue weighted by atomic mass is 16.5. The van der Waals surface area contributed by atoms with E-state index in [-0.39, 0.29) is 12.5 Å².